The van der Waals surface area contributed by atoms with E-state index in [-0.39, 0.29) is 26.1 Å². The van der Waals surface area contributed by atoms with Crippen molar-refractivity contribution in [2.45, 2.75) is 59.0 Å². The molecule has 3 fully saturated rings. The van der Waals surface area contributed by atoms with Crippen LogP contribution in [0.1, 0.15) is 47.0 Å². The Labute approximate surface area is 131 Å². The molecule has 0 heterocycles. The molecular formula is C16H34N2OS. The molecule has 0 aliphatic heterocycles. The van der Waals surface area contributed by atoms with E-state index in [0.717, 1.165) is 37.3 Å². The Kier molecular flexibility index (Phi) is 6.84. The van der Waals surface area contributed by atoms with Crippen molar-refractivity contribution in [3.8, 4) is 0 Å². The topological polar surface area (TPSA) is 44.3 Å². The maximum absolute atomic E-state index is 9.13. The molecule has 0 amide bonds. The third-order valence-electron chi connectivity index (χ3n) is 6.03. The summed E-state index contributed by atoms with van der Waals surface area (Å²) in [4.78, 5) is 0. The number of rotatable bonds is 7. The minimum Gasteiger partial charge on any atom is -0.395 e. The van der Waals surface area contributed by atoms with Crippen LogP contribution in [0.15, 0.2) is 0 Å². The van der Waals surface area contributed by atoms with E-state index in [0.29, 0.717) is 11.5 Å². The number of hydrogen-bond acceptors (Lipinski definition) is 3. The maximum atomic E-state index is 9.13. The molecule has 3 aliphatic rings. The second-order valence-electron chi connectivity index (χ2n) is 7.26. The second-order valence-corrected chi connectivity index (χ2v) is 7.26. The summed E-state index contributed by atoms with van der Waals surface area (Å²) in [6, 6.07) is 0.964. The number of fused-ring (bicyclic) bond motifs is 2. The van der Waals surface area contributed by atoms with Crippen LogP contribution in [0.4, 0.5) is 0 Å². The van der Waals surface area contributed by atoms with Crippen molar-refractivity contribution in [1.29, 1.82) is 0 Å². The summed E-state index contributed by atoms with van der Waals surface area (Å²) in [6.45, 7) is 11.7. The molecule has 3 nitrogen and oxygen atoms in total. The van der Waals surface area contributed by atoms with Gasteiger partial charge in [-0.25, -0.2) is 0 Å². The summed E-state index contributed by atoms with van der Waals surface area (Å²) in [5, 5.41) is 16.3. The molecule has 0 aromatic carbocycles. The third-order valence-corrected chi connectivity index (χ3v) is 6.03. The van der Waals surface area contributed by atoms with Crippen molar-refractivity contribution in [3.63, 3.8) is 0 Å². The Morgan fingerprint density at radius 2 is 1.95 bits per heavy atom. The van der Waals surface area contributed by atoms with Crippen molar-refractivity contribution in [1.82, 2.24) is 10.6 Å². The largest absolute Gasteiger partial charge is 0.395 e. The van der Waals surface area contributed by atoms with Crippen LogP contribution in [0.2, 0.25) is 0 Å². The lowest BCUT2D eigenvalue weighted by Gasteiger charge is -2.62. The van der Waals surface area contributed by atoms with Crippen LogP contribution in [0, 0.1) is 23.2 Å². The molecule has 3 saturated carbocycles. The van der Waals surface area contributed by atoms with Crippen molar-refractivity contribution < 1.29 is 5.11 Å². The number of hydrogen-bond donors (Lipinski definition) is 3. The minimum absolute atomic E-state index is 0. The highest BCUT2D eigenvalue weighted by atomic mass is 32.1. The van der Waals surface area contributed by atoms with Crippen LogP contribution in [-0.4, -0.2) is 36.9 Å². The zero-order valence-electron chi connectivity index (χ0n) is 13.6. The third kappa shape index (κ3) is 3.52. The highest BCUT2D eigenvalue weighted by Gasteiger charge is 2.55. The van der Waals surface area contributed by atoms with Gasteiger partial charge in [0.15, 0.2) is 0 Å². The molecule has 3 rings (SSSR count). The maximum Gasteiger partial charge on any atom is 0.0584 e. The average Bonchev–Trinajstić information content (AvgIpc) is 2.39. The van der Waals surface area contributed by atoms with E-state index in [2.05, 4.69) is 38.3 Å². The summed E-state index contributed by atoms with van der Waals surface area (Å²) in [5.74, 6) is 2.65. The van der Waals surface area contributed by atoms with E-state index < -0.39 is 0 Å². The van der Waals surface area contributed by atoms with E-state index in [1.807, 2.05) is 0 Å². The Morgan fingerprint density at radius 3 is 2.45 bits per heavy atom. The monoisotopic (exact) mass is 302 g/mol. The minimum atomic E-state index is 0. The molecule has 0 saturated heterocycles. The van der Waals surface area contributed by atoms with E-state index >= 15 is 0 Å². The van der Waals surface area contributed by atoms with Gasteiger partial charge in [-0.1, -0.05) is 27.7 Å². The highest BCUT2D eigenvalue weighted by molar-refractivity contribution is 7.59. The summed E-state index contributed by atoms with van der Waals surface area (Å²) >= 11 is 0. The summed E-state index contributed by atoms with van der Waals surface area (Å²) in [7, 11) is 0. The highest BCUT2D eigenvalue weighted by Crippen LogP contribution is 2.61. The summed E-state index contributed by atoms with van der Waals surface area (Å²) < 4.78 is 0. The smallest absolute Gasteiger partial charge is 0.0584 e. The SMILES string of the molecule is CCC(CO)NCCN[C@@H]1C[C@@H]2CC([C@H]1C)C2(C)C.S. The molecule has 0 aromatic rings. The molecule has 2 bridgehead atoms. The van der Waals surface area contributed by atoms with Gasteiger partial charge in [0.1, 0.15) is 0 Å². The van der Waals surface area contributed by atoms with Gasteiger partial charge in [0.25, 0.3) is 0 Å². The van der Waals surface area contributed by atoms with Crippen molar-refractivity contribution in [2.75, 3.05) is 19.7 Å². The standard InChI is InChI=1S/C16H32N2O.H2S/c1-5-13(10-19)17-6-7-18-15-9-12-8-14(11(15)2)16(12,3)4;/h11-15,17-19H,5-10H2,1-4H3;1H2/t11-,12+,13?,14?,15-;/m1./s1. The van der Waals surface area contributed by atoms with Crippen LogP contribution < -0.4 is 10.6 Å². The van der Waals surface area contributed by atoms with Gasteiger partial charge in [0, 0.05) is 25.2 Å². The predicted molar refractivity (Wildman–Crippen MR) is 90.5 cm³/mol. The van der Waals surface area contributed by atoms with Crippen molar-refractivity contribution >= 4 is 13.5 Å². The molecule has 0 aromatic heterocycles. The number of aliphatic hydroxyl groups excluding tert-OH is 1. The quantitative estimate of drug-likeness (QED) is 0.631. The van der Waals surface area contributed by atoms with Gasteiger partial charge >= 0.3 is 0 Å². The van der Waals surface area contributed by atoms with Crippen LogP contribution in [0.3, 0.4) is 0 Å². The van der Waals surface area contributed by atoms with E-state index in [4.69, 9.17) is 5.11 Å². The second kappa shape index (κ2) is 7.48. The molecule has 3 N–H and O–H groups in total. The Bertz CT molecular complexity index is 294. The molecule has 4 heteroatoms. The molecule has 5 atom stereocenters. The lowest BCUT2D eigenvalue weighted by Crippen LogP contribution is -2.60. The first kappa shape index (κ1) is 18.3. The van der Waals surface area contributed by atoms with E-state index in [1.165, 1.54) is 12.8 Å². The van der Waals surface area contributed by atoms with Gasteiger partial charge in [-0.3, -0.25) is 0 Å². The molecule has 2 unspecified atom stereocenters. The number of nitrogens with one attached hydrogen (secondary N) is 2. The van der Waals surface area contributed by atoms with Gasteiger partial charge in [0.05, 0.1) is 6.61 Å². The molecular weight excluding hydrogens is 268 g/mol. The van der Waals surface area contributed by atoms with Crippen LogP contribution in [0.25, 0.3) is 0 Å². The van der Waals surface area contributed by atoms with Gasteiger partial charge < -0.3 is 15.7 Å². The molecule has 0 spiro atoms. The lowest BCUT2D eigenvalue weighted by molar-refractivity contribution is -0.114. The molecule has 0 radical (unpaired) electrons. The van der Waals surface area contributed by atoms with Crippen molar-refractivity contribution in [2.24, 2.45) is 23.2 Å². The Balaban J connectivity index is 0.00000200. The average molecular weight is 303 g/mol. The van der Waals surface area contributed by atoms with Gasteiger partial charge in [0.2, 0.25) is 0 Å². The Hall–Kier alpha value is 0.230. The number of aliphatic hydroxyl groups is 1. The van der Waals surface area contributed by atoms with Crippen LogP contribution in [-0.2, 0) is 0 Å². The summed E-state index contributed by atoms with van der Waals surface area (Å²) in [5.41, 5.74) is 0.583. The lowest BCUT2D eigenvalue weighted by atomic mass is 9.45. The van der Waals surface area contributed by atoms with Gasteiger partial charge in [-0.2, -0.15) is 13.5 Å². The fraction of sp³-hybridized carbons (Fsp3) is 1.00. The zero-order chi connectivity index (χ0) is 14.0. The molecule has 20 heavy (non-hydrogen) atoms. The molecule has 3 aliphatic carbocycles. The molecule has 120 valence electrons. The first-order valence-corrected chi connectivity index (χ1v) is 8.08. The van der Waals surface area contributed by atoms with Gasteiger partial charge in [-0.15, -0.1) is 0 Å². The van der Waals surface area contributed by atoms with Crippen LogP contribution >= 0.6 is 13.5 Å². The Morgan fingerprint density at radius 1 is 1.25 bits per heavy atom. The predicted octanol–water partition coefficient (Wildman–Crippen LogP) is 2.12. The van der Waals surface area contributed by atoms with Crippen molar-refractivity contribution in [3.05, 3.63) is 0 Å². The fourth-order valence-corrected chi connectivity index (χ4v) is 4.29. The zero-order valence-corrected chi connectivity index (χ0v) is 14.6. The van der Waals surface area contributed by atoms with E-state index in [9.17, 15) is 0 Å². The first-order valence-electron chi connectivity index (χ1n) is 8.08. The van der Waals surface area contributed by atoms with Crippen LogP contribution in [0.5, 0.6) is 0 Å². The fourth-order valence-electron chi connectivity index (χ4n) is 4.29. The summed E-state index contributed by atoms with van der Waals surface area (Å²) in [6.07, 6.45) is 3.80. The normalized spacial score (nSPS) is 35.9. The van der Waals surface area contributed by atoms with Gasteiger partial charge in [-0.05, 0) is 42.4 Å². The first-order chi connectivity index (χ1) is 9.00. The van der Waals surface area contributed by atoms with E-state index in [1.54, 1.807) is 0 Å².